The van der Waals surface area contributed by atoms with Crippen molar-refractivity contribution in [2.45, 2.75) is 13.2 Å². The van der Waals surface area contributed by atoms with Gasteiger partial charge in [-0.05, 0) is 6.07 Å². The molecule has 0 atom stereocenters. The SMILES string of the molecule is COCc1nc(NN)cc(NCc2ccccc2F)n1. The van der Waals surface area contributed by atoms with Crippen LogP contribution in [0, 0.1) is 5.82 Å². The van der Waals surface area contributed by atoms with Crippen LogP contribution in [-0.4, -0.2) is 17.1 Å². The number of halogens is 1. The summed E-state index contributed by atoms with van der Waals surface area (Å²) in [6.07, 6.45) is 0. The van der Waals surface area contributed by atoms with Crippen LogP contribution in [-0.2, 0) is 17.9 Å². The van der Waals surface area contributed by atoms with E-state index >= 15 is 0 Å². The zero-order chi connectivity index (χ0) is 14.4. The fourth-order valence-electron chi connectivity index (χ4n) is 1.68. The summed E-state index contributed by atoms with van der Waals surface area (Å²) in [4.78, 5) is 8.38. The summed E-state index contributed by atoms with van der Waals surface area (Å²) in [5.41, 5.74) is 3.01. The molecule has 0 saturated heterocycles. The molecule has 0 saturated carbocycles. The minimum Gasteiger partial charge on any atom is -0.377 e. The molecular weight excluding hydrogens is 261 g/mol. The Kier molecular flexibility index (Phi) is 4.80. The maximum absolute atomic E-state index is 13.5. The standard InChI is InChI=1S/C13H16FN5O/c1-20-8-13-17-11(6-12(18-13)19-15)16-7-9-4-2-3-5-10(9)14/h2-6H,7-8,15H2,1H3,(H2,16,17,18,19). The number of nitrogen functional groups attached to an aromatic ring is 1. The van der Waals surface area contributed by atoms with Crippen molar-refractivity contribution in [2.75, 3.05) is 17.9 Å². The van der Waals surface area contributed by atoms with Gasteiger partial charge < -0.3 is 15.5 Å². The first kappa shape index (κ1) is 14.2. The number of methoxy groups -OCH3 is 1. The molecule has 0 amide bonds. The first-order valence-electron chi connectivity index (χ1n) is 6.03. The average Bonchev–Trinajstić information content (AvgIpc) is 2.46. The molecule has 7 heteroatoms. The Bertz CT molecular complexity index is 578. The third-order valence-electron chi connectivity index (χ3n) is 2.61. The highest BCUT2D eigenvalue weighted by atomic mass is 19.1. The lowest BCUT2D eigenvalue weighted by atomic mass is 10.2. The maximum Gasteiger partial charge on any atom is 0.158 e. The lowest BCUT2D eigenvalue weighted by Gasteiger charge is -2.10. The Morgan fingerprint density at radius 2 is 2.00 bits per heavy atom. The van der Waals surface area contributed by atoms with Gasteiger partial charge in [0, 0.05) is 25.3 Å². The van der Waals surface area contributed by atoms with Gasteiger partial charge in [-0.1, -0.05) is 18.2 Å². The number of aromatic nitrogens is 2. The van der Waals surface area contributed by atoms with Crippen molar-refractivity contribution in [3.05, 3.63) is 47.5 Å². The van der Waals surface area contributed by atoms with Gasteiger partial charge in [-0.3, -0.25) is 0 Å². The van der Waals surface area contributed by atoms with E-state index in [0.29, 0.717) is 29.6 Å². The van der Waals surface area contributed by atoms with Crippen LogP contribution in [0.25, 0.3) is 0 Å². The summed E-state index contributed by atoms with van der Waals surface area (Å²) >= 11 is 0. The summed E-state index contributed by atoms with van der Waals surface area (Å²) in [5, 5.41) is 3.03. The van der Waals surface area contributed by atoms with E-state index in [4.69, 9.17) is 10.6 Å². The highest BCUT2D eigenvalue weighted by molar-refractivity contribution is 5.47. The number of nitrogens with one attached hydrogen (secondary N) is 2. The zero-order valence-corrected chi connectivity index (χ0v) is 11.1. The zero-order valence-electron chi connectivity index (χ0n) is 11.1. The first-order chi connectivity index (χ1) is 9.72. The first-order valence-corrected chi connectivity index (χ1v) is 6.03. The van der Waals surface area contributed by atoms with E-state index in [1.165, 1.54) is 6.07 Å². The molecule has 0 bridgehead atoms. The Balaban J connectivity index is 2.12. The Hall–Kier alpha value is -2.25. The molecule has 0 radical (unpaired) electrons. The molecular formula is C13H16FN5O. The monoisotopic (exact) mass is 277 g/mol. The fraction of sp³-hybridized carbons (Fsp3) is 0.231. The molecule has 6 nitrogen and oxygen atoms in total. The Morgan fingerprint density at radius 1 is 1.25 bits per heavy atom. The molecule has 0 aliphatic carbocycles. The molecule has 2 rings (SSSR count). The number of benzene rings is 1. The van der Waals surface area contributed by atoms with Crippen LogP contribution in [0.2, 0.25) is 0 Å². The van der Waals surface area contributed by atoms with Crippen LogP contribution >= 0.6 is 0 Å². The van der Waals surface area contributed by atoms with Crippen LogP contribution in [0.15, 0.2) is 30.3 Å². The summed E-state index contributed by atoms with van der Waals surface area (Å²) in [5.74, 6) is 6.58. The lowest BCUT2D eigenvalue weighted by Crippen LogP contribution is -2.13. The number of ether oxygens (including phenoxy) is 1. The van der Waals surface area contributed by atoms with Gasteiger partial charge in [0.1, 0.15) is 24.1 Å². The van der Waals surface area contributed by atoms with Gasteiger partial charge in [-0.25, -0.2) is 20.2 Å². The molecule has 106 valence electrons. The van der Waals surface area contributed by atoms with Crippen molar-refractivity contribution in [2.24, 2.45) is 5.84 Å². The summed E-state index contributed by atoms with van der Waals surface area (Å²) in [7, 11) is 1.55. The number of rotatable bonds is 6. The second kappa shape index (κ2) is 6.78. The largest absolute Gasteiger partial charge is 0.377 e. The van der Waals surface area contributed by atoms with Crippen LogP contribution in [0.3, 0.4) is 0 Å². The molecule has 0 aliphatic rings. The fourth-order valence-corrected chi connectivity index (χ4v) is 1.68. The van der Waals surface area contributed by atoms with E-state index in [0.717, 1.165) is 0 Å². The van der Waals surface area contributed by atoms with Crippen LogP contribution in [0.4, 0.5) is 16.0 Å². The summed E-state index contributed by atoms with van der Waals surface area (Å²) in [6, 6.07) is 8.20. The van der Waals surface area contributed by atoms with Gasteiger partial charge in [0.15, 0.2) is 5.82 Å². The minimum atomic E-state index is -0.261. The van der Waals surface area contributed by atoms with E-state index in [2.05, 4.69) is 20.7 Å². The highest BCUT2D eigenvalue weighted by Crippen LogP contribution is 2.13. The number of hydrogen-bond acceptors (Lipinski definition) is 6. The molecule has 0 aliphatic heterocycles. The van der Waals surface area contributed by atoms with E-state index in [1.807, 2.05) is 0 Å². The molecule has 2 aromatic rings. The number of nitrogens with zero attached hydrogens (tertiary/aromatic N) is 2. The summed E-state index contributed by atoms with van der Waals surface area (Å²) in [6.45, 7) is 0.587. The molecule has 0 spiro atoms. The van der Waals surface area contributed by atoms with E-state index in [-0.39, 0.29) is 12.4 Å². The average molecular weight is 277 g/mol. The van der Waals surface area contributed by atoms with Gasteiger partial charge in [0.25, 0.3) is 0 Å². The second-order valence-corrected chi connectivity index (χ2v) is 4.08. The topological polar surface area (TPSA) is 85.1 Å². The predicted octanol–water partition coefficient (Wildman–Crippen LogP) is 1.66. The molecule has 1 aromatic heterocycles. The molecule has 0 fully saturated rings. The molecule has 1 aromatic carbocycles. The van der Waals surface area contributed by atoms with E-state index in [9.17, 15) is 4.39 Å². The number of anilines is 2. The smallest absolute Gasteiger partial charge is 0.158 e. The second-order valence-electron chi connectivity index (χ2n) is 4.08. The van der Waals surface area contributed by atoms with Crippen LogP contribution in [0.1, 0.15) is 11.4 Å². The quantitative estimate of drug-likeness (QED) is 0.550. The highest BCUT2D eigenvalue weighted by Gasteiger charge is 2.05. The van der Waals surface area contributed by atoms with Crippen molar-refractivity contribution < 1.29 is 9.13 Å². The maximum atomic E-state index is 13.5. The Labute approximate surface area is 116 Å². The van der Waals surface area contributed by atoms with Gasteiger partial charge in [0.2, 0.25) is 0 Å². The van der Waals surface area contributed by atoms with Crippen molar-refractivity contribution in [3.63, 3.8) is 0 Å². The summed E-state index contributed by atoms with van der Waals surface area (Å²) < 4.78 is 18.5. The predicted molar refractivity (Wildman–Crippen MR) is 74.3 cm³/mol. The van der Waals surface area contributed by atoms with Crippen LogP contribution < -0.4 is 16.6 Å². The van der Waals surface area contributed by atoms with Gasteiger partial charge >= 0.3 is 0 Å². The third-order valence-corrected chi connectivity index (χ3v) is 2.61. The number of hydrazine groups is 1. The van der Waals surface area contributed by atoms with Gasteiger partial charge in [-0.15, -0.1) is 0 Å². The molecule has 4 N–H and O–H groups in total. The van der Waals surface area contributed by atoms with Gasteiger partial charge in [0.05, 0.1) is 0 Å². The van der Waals surface area contributed by atoms with Crippen LogP contribution in [0.5, 0.6) is 0 Å². The minimum absolute atomic E-state index is 0.261. The van der Waals surface area contributed by atoms with Crippen molar-refractivity contribution >= 4 is 11.6 Å². The molecule has 0 unspecified atom stereocenters. The lowest BCUT2D eigenvalue weighted by molar-refractivity contribution is 0.178. The van der Waals surface area contributed by atoms with Crippen molar-refractivity contribution in [1.82, 2.24) is 9.97 Å². The van der Waals surface area contributed by atoms with E-state index in [1.54, 1.807) is 31.4 Å². The Morgan fingerprint density at radius 3 is 2.70 bits per heavy atom. The normalized spacial score (nSPS) is 10.3. The van der Waals surface area contributed by atoms with Crippen molar-refractivity contribution in [3.8, 4) is 0 Å². The molecule has 1 heterocycles. The number of nitrogens with two attached hydrogens (primary N) is 1. The third kappa shape index (κ3) is 3.62. The molecule has 20 heavy (non-hydrogen) atoms. The van der Waals surface area contributed by atoms with E-state index < -0.39 is 0 Å². The van der Waals surface area contributed by atoms with Crippen molar-refractivity contribution in [1.29, 1.82) is 0 Å². The number of hydrogen-bond donors (Lipinski definition) is 3. The van der Waals surface area contributed by atoms with Gasteiger partial charge in [-0.2, -0.15) is 0 Å².